The van der Waals surface area contributed by atoms with Crippen molar-refractivity contribution in [1.82, 2.24) is 0 Å². The maximum atomic E-state index is 12.5. The molecule has 1 aromatic rings. The molecule has 1 N–H and O–H groups in total. The second-order valence-corrected chi connectivity index (χ2v) is 5.39. The molecule has 0 spiro atoms. The molecule has 4 rings (SSSR count). The number of benzene rings is 1. The number of rotatable bonds is 0. The van der Waals surface area contributed by atoms with Crippen LogP contribution < -0.4 is 5.32 Å². The van der Waals surface area contributed by atoms with Crippen LogP contribution in [-0.4, -0.2) is 23.9 Å². The van der Waals surface area contributed by atoms with E-state index in [0.29, 0.717) is 21.8 Å². The first-order valence-electron chi connectivity index (χ1n) is 6.43. The number of carbonyl (C=O) groups is 2. The highest BCUT2D eigenvalue weighted by Gasteiger charge is 2.41. The van der Waals surface area contributed by atoms with Crippen LogP contribution in [0.4, 0.5) is 5.69 Å². The lowest BCUT2D eigenvalue weighted by Gasteiger charge is -2.21. The predicted molar refractivity (Wildman–Crippen MR) is 77.4 cm³/mol. The van der Waals surface area contributed by atoms with E-state index in [0.717, 1.165) is 0 Å². The Morgan fingerprint density at radius 3 is 2.95 bits per heavy atom. The topological polar surface area (TPSA) is 67.8 Å². The van der Waals surface area contributed by atoms with Crippen LogP contribution in [0.15, 0.2) is 46.8 Å². The van der Waals surface area contributed by atoms with Crippen LogP contribution in [0.2, 0.25) is 5.02 Å². The van der Waals surface area contributed by atoms with Gasteiger partial charge in [0.15, 0.2) is 11.9 Å². The number of hydrogen-bond donors (Lipinski definition) is 1. The molecule has 1 aliphatic carbocycles. The number of oxime groups is 1. The van der Waals surface area contributed by atoms with Gasteiger partial charge < -0.3 is 10.2 Å². The van der Waals surface area contributed by atoms with Crippen molar-refractivity contribution in [2.24, 2.45) is 11.1 Å². The normalized spacial score (nSPS) is 29.2. The van der Waals surface area contributed by atoms with E-state index in [1.54, 1.807) is 30.5 Å². The van der Waals surface area contributed by atoms with Crippen LogP contribution in [-0.2, 0) is 9.63 Å². The third kappa shape index (κ3) is 1.67. The van der Waals surface area contributed by atoms with E-state index in [-0.39, 0.29) is 23.2 Å². The quantitative estimate of drug-likeness (QED) is 0.747. The van der Waals surface area contributed by atoms with Crippen LogP contribution in [0.25, 0.3) is 0 Å². The van der Waals surface area contributed by atoms with E-state index >= 15 is 0 Å². The summed E-state index contributed by atoms with van der Waals surface area (Å²) in [6, 6.07) is 5.07. The monoisotopic (exact) mass is 300 g/mol. The van der Waals surface area contributed by atoms with Crippen LogP contribution >= 0.6 is 11.6 Å². The summed E-state index contributed by atoms with van der Waals surface area (Å²) in [6.45, 7) is 0. The molecule has 2 heterocycles. The number of para-hydroxylation sites is 1. The van der Waals surface area contributed by atoms with Gasteiger partial charge in [-0.15, -0.1) is 0 Å². The number of ketones is 2. The average molecular weight is 301 g/mol. The molecule has 0 radical (unpaired) electrons. The number of nitrogens with one attached hydrogen (secondary N) is 1. The first-order chi connectivity index (χ1) is 10.2. The second kappa shape index (κ2) is 4.30. The Morgan fingerprint density at radius 2 is 2.14 bits per heavy atom. The molecule has 104 valence electrons. The third-order valence-electron chi connectivity index (χ3n) is 3.78. The number of fused-ring (bicyclic) bond motifs is 2. The van der Waals surface area contributed by atoms with E-state index in [1.807, 2.05) is 0 Å². The Morgan fingerprint density at radius 1 is 1.29 bits per heavy atom. The molecule has 5 nitrogen and oxygen atoms in total. The van der Waals surface area contributed by atoms with E-state index in [4.69, 9.17) is 16.4 Å². The summed E-state index contributed by atoms with van der Waals surface area (Å²) in [5.74, 6) is -0.624. The summed E-state index contributed by atoms with van der Waals surface area (Å²) in [5, 5.41) is 7.16. The highest BCUT2D eigenvalue weighted by molar-refractivity contribution is 6.36. The van der Waals surface area contributed by atoms with Gasteiger partial charge in [0.05, 0.1) is 34.1 Å². The van der Waals surface area contributed by atoms with Gasteiger partial charge in [0.25, 0.3) is 0 Å². The van der Waals surface area contributed by atoms with Crippen LogP contribution in [0, 0.1) is 5.92 Å². The maximum Gasteiger partial charge on any atom is 0.211 e. The minimum atomic E-state index is -0.554. The van der Waals surface area contributed by atoms with Gasteiger partial charge in [-0.05, 0) is 18.2 Å². The number of hydrogen-bond acceptors (Lipinski definition) is 5. The van der Waals surface area contributed by atoms with E-state index in [9.17, 15) is 9.59 Å². The minimum Gasteiger partial charge on any atom is -0.387 e. The summed E-state index contributed by atoms with van der Waals surface area (Å²) in [5.41, 5.74) is 1.53. The van der Waals surface area contributed by atoms with E-state index in [2.05, 4.69) is 10.5 Å². The van der Waals surface area contributed by atoms with Gasteiger partial charge in [-0.3, -0.25) is 9.59 Å². The van der Waals surface area contributed by atoms with E-state index < -0.39 is 6.10 Å². The van der Waals surface area contributed by atoms with Gasteiger partial charge in [0.2, 0.25) is 5.78 Å². The van der Waals surface area contributed by atoms with Crippen molar-refractivity contribution < 1.29 is 14.4 Å². The predicted octanol–water partition coefficient (Wildman–Crippen LogP) is 2.34. The summed E-state index contributed by atoms with van der Waals surface area (Å²) in [7, 11) is 0. The Labute approximate surface area is 124 Å². The fourth-order valence-corrected chi connectivity index (χ4v) is 2.98. The summed E-state index contributed by atoms with van der Waals surface area (Å²) in [6.07, 6.45) is 4.24. The number of anilines is 1. The van der Waals surface area contributed by atoms with Gasteiger partial charge >= 0.3 is 0 Å². The van der Waals surface area contributed by atoms with Gasteiger partial charge in [-0.1, -0.05) is 28.9 Å². The molecule has 1 aromatic carbocycles. The average Bonchev–Trinajstić information content (AvgIpc) is 3.06. The van der Waals surface area contributed by atoms with E-state index in [1.165, 1.54) is 6.08 Å². The molecule has 2 aliphatic heterocycles. The van der Waals surface area contributed by atoms with Crippen molar-refractivity contribution in [3.63, 3.8) is 0 Å². The lowest BCUT2D eigenvalue weighted by molar-refractivity contribution is -0.113. The molecule has 2 unspecified atom stereocenters. The Balaban J connectivity index is 1.87. The lowest BCUT2D eigenvalue weighted by atomic mass is 9.86. The molecule has 21 heavy (non-hydrogen) atoms. The highest BCUT2D eigenvalue weighted by atomic mass is 35.5. The molecular formula is C15H9ClN2O3. The SMILES string of the molecule is O=C1C=CC2C=NOC2/C1=C1/Nc2c(Cl)cccc2C1=O. The van der Waals surface area contributed by atoms with Crippen LogP contribution in [0.3, 0.4) is 0 Å². The first kappa shape index (κ1) is 12.3. The maximum absolute atomic E-state index is 12.5. The lowest BCUT2D eigenvalue weighted by Crippen LogP contribution is -2.31. The molecule has 3 aliphatic rings. The van der Waals surface area contributed by atoms with Crippen molar-refractivity contribution in [3.8, 4) is 0 Å². The van der Waals surface area contributed by atoms with Crippen molar-refractivity contribution in [2.75, 3.05) is 5.32 Å². The van der Waals surface area contributed by atoms with Crippen molar-refractivity contribution in [1.29, 1.82) is 0 Å². The molecule has 0 saturated carbocycles. The first-order valence-corrected chi connectivity index (χ1v) is 6.81. The fourth-order valence-electron chi connectivity index (χ4n) is 2.76. The Kier molecular flexibility index (Phi) is 2.53. The summed E-state index contributed by atoms with van der Waals surface area (Å²) < 4.78 is 0. The molecule has 0 fully saturated rings. The summed E-state index contributed by atoms with van der Waals surface area (Å²) in [4.78, 5) is 30.0. The van der Waals surface area contributed by atoms with Gasteiger partial charge in [0, 0.05) is 5.56 Å². The zero-order valence-corrected chi connectivity index (χ0v) is 11.4. The zero-order valence-electron chi connectivity index (χ0n) is 10.7. The fraction of sp³-hybridized carbons (Fsp3) is 0.133. The number of nitrogens with zero attached hydrogens (tertiary/aromatic N) is 1. The molecule has 0 aromatic heterocycles. The number of carbonyl (C=O) groups excluding carboxylic acids is 2. The van der Waals surface area contributed by atoms with Crippen molar-refractivity contribution in [3.05, 3.63) is 52.2 Å². The summed E-state index contributed by atoms with van der Waals surface area (Å²) >= 11 is 6.09. The number of Topliss-reactive ketones (excluding diaryl/α,β-unsaturated/α-hetero) is 1. The minimum absolute atomic E-state index is 0.126. The van der Waals surface area contributed by atoms with Gasteiger partial charge in [-0.2, -0.15) is 0 Å². The van der Waals surface area contributed by atoms with Crippen LogP contribution in [0.5, 0.6) is 0 Å². The zero-order chi connectivity index (χ0) is 14.6. The number of allylic oxidation sites excluding steroid dienone is 2. The molecular weight excluding hydrogens is 292 g/mol. The van der Waals surface area contributed by atoms with Crippen molar-refractivity contribution in [2.45, 2.75) is 6.10 Å². The Hall–Kier alpha value is -2.40. The van der Waals surface area contributed by atoms with Crippen molar-refractivity contribution >= 4 is 35.1 Å². The molecule has 0 amide bonds. The molecule has 0 saturated heterocycles. The largest absolute Gasteiger partial charge is 0.387 e. The molecule has 6 heteroatoms. The molecule has 0 bridgehead atoms. The Bertz CT molecular complexity index is 779. The van der Waals surface area contributed by atoms with Crippen LogP contribution in [0.1, 0.15) is 10.4 Å². The standard InChI is InChI=1S/C15H9ClN2O3/c16-9-3-1-2-8-12(9)18-13(14(8)20)11-10(19)5-4-7-6-17-21-15(7)11/h1-7,15,18H/b13-11+. The second-order valence-electron chi connectivity index (χ2n) is 4.99. The molecule has 2 atom stereocenters. The highest BCUT2D eigenvalue weighted by Crippen LogP contribution is 2.38. The third-order valence-corrected chi connectivity index (χ3v) is 4.10. The smallest absolute Gasteiger partial charge is 0.211 e. The van der Waals surface area contributed by atoms with Gasteiger partial charge in [0.1, 0.15) is 0 Å². The van der Waals surface area contributed by atoms with Gasteiger partial charge in [-0.25, -0.2) is 0 Å². The number of halogens is 1.